The molecule has 1 atom stereocenters. The van der Waals surface area contributed by atoms with Crippen LogP contribution in [0.1, 0.15) is 37.0 Å². The molecule has 0 fully saturated rings. The molecule has 0 amide bonds. The van der Waals surface area contributed by atoms with Crippen molar-refractivity contribution in [2.75, 3.05) is 13.4 Å². The van der Waals surface area contributed by atoms with E-state index in [-0.39, 0.29) is 12.1 Å². The Morgan fingerprint density at radius 2 is 2.03 bits per heavy atom. The Bertz CT molecular complexity index is 1210. The first kappa shape index (κ1) is 24.8. The van der Waals surface area contributed by atoms with Crippen molar-refractivity contribution in [2.45, 2.75) is 33.0 Å². The summed E-state index contributed by atoms with van der Waals surface area (Å²) in [7, 11) is 1.52. The van der Waals surface area contributed by atoms with Crippen LogP contribution in [-0.2, 0) is 15.5 Å². The lowest BCUT2D eigenvalue weighted by atomic mass is 10.0. The summed E-state index contributed by atoms with van der Waals surface area (Å²) in [6.07, 6.45) is -2.03. The lowest BCUT2D eigenvalue weighted by molar-refractivity contribution is -0.369. The van der Waals surface area contributed by atoms with Gasteiger partial charge in [-0.15, -0.1) is 13.2 Å². The molecule has 6 nitrogen and oxygen atoms in total. The summed E-state index contributed by atoms with van der Waals surface area (Å²) < 4.78 is 55.3. The summed E-state index contributed by atoms with van der Waals surface area (Å²) in [4.78, 5) is 17.7. The van der Waals surface area contributed by atoms with E-state index >= 15 is 0 Å². The molecule has 0 aliphatic carbocycles. The summed E-state index contributed by atoms with van der Waals surface area (Å²) in [6.45, 7) is 3.79. The van der Waals surface area contributed by atoms with Crippen LogP contribution < -0.4 is 10.3 Å². The molecule has 3 aromatic rings. The maximum Gasteiger partial charge on any atom is 0.525 e. The Labute approximate surface area is 193 Å². The predicted molar refractivity (Wildman–Crippen MR) is 122 cm³/mol. The van der Waals surface area contributed by atoms with E-state index in [1.54, 1.807) is 36.5 Å². The minimum atomic E-state index is -5.00. The number of nitrogens with zero attached hydrogens (tertiary/aromatic N) is 2. The number of hydrogen-bond donors (Lipinski definition) is 0. The SMILES string of the molecule is C/C=C(/C)c1cc2cc(C(OSC)OC(F)(F)F)c(=O)n(Cc3ccccn3)c2cc1OC. The van der Waals surface area contributed by atoms with Crippen LogP contribution in [-0.4, -0.2) is 29.3 Å². The maximum absolute atomic E-state index is 13.4. The van der Waals surface area contributed by atoms with Crippen molar-refractivity contribution in [3.8, 4) is 5.75 Å². The first-order chi connectivity index (χ1) is 15.7. The van der Waals surface area contributed by atoms with Crippen molar-refractivity contribution in [3.05, 3.63) is 75.8 Å². The highest BCUT2D eigenvalue weighted by atomic mass is 32.2. The van der Waals surface area contributed by atoms with E-state index in [0.29, 0.717) is 34.4 Å². The second-order valence-corrected chi connectivity index (χ2v) is 7.58. The summed E-state index contributed by atoms with van der Waals surface area (Å²) in [5.41, 5.74) is 1.73. The average molecular weight is 481 g/mol. The van der Waals surface area contributed by atoms with Gasteiger partial charge in [0.25, 0.3) is 5.56 Å². The van der Waals surface area contributed by atoms with Crippen LogP contribution in [0.5, 0.6) is 5.75 Å². The van der Waals surface area contributed by atoms with Crippen LogP contribution in [0.3, 0.4) is 0 Å². The summed E-state index contributed by atoms with van der Waals surface area (Å²) in [5.74, 6) is 0.531. The topological polar surface area (TPSA) is 62.6 Å². The molecule has 0 saturated carbocycles. The molecule has 0 N–H and O–H groups in total. The van der Waals surface area contributed by atoms with Gasteiger partial charge >= 0.3 is 6.36 Å². The van der Waals surface area contributed by atoms with Gasteiger partial charge < -0.3 is 9.30 Å². The van der Waals surface area contributed by atoms with Crippen molar-refractivity contribution < 1.29 is 26.8 Å². The average Bonchev–Trinajstić information content (AvgIpc) is 2.79. The number of rotatable bonds is 8. The second-order valence-electron chi connectivity index (χ2n) is 7.05. The molecule has 0 bridgehead atoms. The van der Waals surface area contributed by atoms with Crippen molar-refractivity contribution in [3.63, 3.8) is 0 Å². The minimum absolute atomic E-state index is 0.0348. The Hall–Kier alpha value is -2.82. The smallest absolute Gasteiger partial charge is 0.496 e. The molecule has 0 aliphatic heterocycles. The molecule has 2 aromatic heterocycles. The van der Waals surface area contributed by atoms with Crippen molar-refractivity contribution >= 4 is 28.5 Å². The van der Waals surface area contributed by atoms with E-state index in [0.717, 1.165) is 11.1 Å². The fraction of sp³-hybridized carbons (Fsp3) is 0.304. The molecule has 2 heterocycles. The number of allylic oxidation sites excluding steroid dienone is 2. The number of fused-ring (bicyclic) bond motifs is 1. The zero-order chi connectivity index (χ0) is 24.2. The van der Waals surface area contributed by atoms with Crippen LogP contribution in [0, 0.1) is 0 Å². The van der Waals surface area contributed by atoms with Gasteiger partial charge in [-0.3, -0.25) is 18.7 Å². The normalized spacial score (nSPS) is 13.4. The number of benzene rings is 1. The van der Waals surface area contributed by atoms with Gasteiger partial charge in [0.05, 0.1) is 30.4 Å². The van der Waals surface area contributed by atoms with Crippen LogP contribution in [0.25, 0.3) is 16.5 Å². The van der Waals surface area contributed by atoms with E-state index < -0.39 is 18.2 Å². The molecule has 1 aromatic carbocycles. The minimum Gasteiger partial charge on any atom is -0.496 e. The molecule has 176 valence electrons. The number of pyridine rings is 2. The molecule has 0 radical (unpaired) electrons. The number of halogens is 3. The van der Waals surface area contributed by atoms with Crippen LogP contribution in [0.15, 0.2) is 53.5 Å². The summed E-state index contributed by atoms with van der Waals surface area (Å²) in [6, 6.07) is 10.1. The van der Waals surface area contributed by atoms with Crippen LogP contribution in [0.4, 0.5) is 13.2 Å². The van der Waals surface area contributed by atoms with E-state index in [9.17, 15) is 18.0 Å². The molecule has 0 saturated heterocycles. The van der Waals surface area contributed by atoms with Crippen LogP contribution >= 0.6 is 12.0 Å². The number of alkyl halides is 3. The third-order valence-corrected chi connectivity index (χ3v) is 5.39. The Morgan fingerprint density at radius 1 is 1.27 bits per heavy atom. The van der Waals surface area contributed by atoms with Gasteiger partial charge in [0.15, 0.2) is 0 Å². The molecular formula is C23H23F3N2O4S. The second kappa shape index (κ2) is 10.4. The van der Waals surface area contributed by atoms with Gasteiger partial charge in [0, 0.05) is 24.1 Å². The van der Waals surface area contributed by atoms with Crippen molar-refractivity contribution in [2.24, 2.45) is 0 Å². The Balaban J connectivity index is 2.33. The largest absolute Gasteiger partial charge is 0.525 e. The van der Waals surface area contributed by atoms with E-state index in [1.165, 1.54) is 24.0 Å². The summed E-state index contributed by atoms with van der Waals surface area (Å²) >= 11 is 0.672. The number of ether oxygens (including phenoxy) is 2. The highest BCUT2D eigenvalue weighted by Gasteiger charge is 2.36. The molecule has 3 rings (SSSR count). The standard InChI is InChI=1S/C23H23F3N2O4S/c1-5-14(2)17-10-15-11-18(22(32-33-4)31-23(24,25)26)21(29)28(19(15)12-20(17)30-3)13-16-8-6-7-9-27-16/h5-12,22H,13H2,1-4H3/b14-5-. The number of methoxy groups -OCH3 is 1. The zero-order valence-corrected chi connectivity index (χ0v) is 19.3. The van der Waals surface area contributed by atoms with E-state index in [2.05, 4.69) is 9.72 Å². The third-order valence-electron chi connectivity index (χ3n) is 5.03. The Morgan fingerprint density at radius 3 is 2.61 bits per heavy atom. The van der Waals surface area contributed by atoms with Crippen molar-refractivity contribution in [1.29, 1.82) is 0 Å². The highest BCUT2D eigenvalue weighted by Crippen LogP contribution is 2.34. The molecular weight excluding hydrogens is 457 g/mol. The fourth-order valence-electron chi connectivity index (χ4n) is 3.39. The maximum atomic E-state index is 13.4. The predicted octanol–water partition coefficient (Wildman–Crippen LogP) is 5.71. The van der Waals surface area contributed by atoms with E-state index in [4.69, 9.17) is 8.92 Å². The van der Waals surface area contributed by atoms with Gasteiger partial charge in [-0.25, -0.2) is 0 Å². The first-order valence-corrected chi connectivity index (χ1v) is 11.1. The molecule has 0 spiro atoms. The van der Waals surface area contributed by atoms with Gasteiger partial charge in [-0.05, 0) is 61.1 Å². The van der Waals surface area contributed by atoms with Gasteiger partial charge in [0.1, 0.15) is 5.75 Å². The monoisotopic (exact) mass is 480 g/mol. The van der Waals surface area contributed by atoms with Gasteiger partial charge in [0.2, 0.25) is 6.29 Å². The molecule has 33 heavy (non-hydrogen) atoms. The summed E-state index contributed by atoms with van der Waals surface area (Å²) in [5, 5.41) is 0.526. The third kappa shape index (κ3) is 5.76. The number of hydrogen-bond acceptors (Lipinski definition) is 6. The number of aromatic nitrogens is 2. The highest BCUT2D eigenvalue weighted by molar-refractivity contribution is 7.93. The lowest BCUT2D eigenvalue weighted by Gasteiger charge is -2.21. The quantitative estimate of drug-likeness (QED) is 0.304. The molecule has 0 aliphatic rings. The molecule has 1 unspecified atom stereocenters. The zero-order valence-electron chi connectivity index (χ0n) is 18.5. The van der Waals surface area contributed by atoms with Crippen LogP contribution in [0.2, 0.25) is 0 Å². The lowest BCUT2D eigenvalue weighted by Crippen LogP contribution is -2.30. The van der Waals surface area contributed by atoms with Gasteiger partial charge in [-0.2, -0.15) is 0 Å². The molecule has 10 heteroatoms. The van der Waals surface area contributed by atoms with E-state index in [1.807, 2.05) is 19.9 Å². The van der Waals surface area contributed by atoms with Crippen molar-refractivity contribution in [1.82, 2.24) is 9.55 Å². The Kier molecular flexibility index (Phi) is 7.83. The first-order valence-electron chi connectivity index (χ1n) is 9.91. The fourth-order valence-corrected chi connectivity index (χ4v) is 3.70. The van der Waals surface area contributed by atoms with Gasteiger partial charge in [-0.1, -0.05) is 12.1 Å².